The van der Waals surface area contributed by atoms with Gasteiger partial charge in [-0.05, 0) is 87.2 Å². The van der Waals surface area contributed by atoms with Gasteiger partial charge in [0.1, 0.15) is 0 Å². The number of halogens is 2. The quantitative estimate of drug-likeness (QED) is 0.160. The molecule has 0 amide bonds. The molecular formula is C28H40BBr2NO7. The second-order valence-electron chi connectivity index (χ2n) is 10.8. The molecule has 0 spiro atoms. The van der Waals surface area contributed by atoms with E-state index in [2.05, 4.69) is 31.9 Å². The first-order chi connectivity index (χ1) is 18.1. The summed E-state index contributed by atoms with van der Waals surface area (Å²) >= 11 is 6.73. The number of hydrogen-bond acceptors (Lipinski definition) is 6. The molecule has 0 aliphatic rings. The second-order valence-corrected chi connectivity index (χ2v) is 12.7. The van der Waals surface area contributed by atoms with Gasteiger partial charge in [-0.15, -0.1) is 0 Å². The number of benzene rings is 2. The predicted molar refractivity (Wildman–Crippen MR) is 161 cm³/mol. The van der Waals surface area contributed by atoms with Gasteiger partial charge in [0.15, 0.2) is 0 Å². The molecule has 2 aromatic carbocycles. The molecule has 0 radical (unpaired) electrons. The summed E-state index contributed by atoms with van der Waals surface area (Å²) in [6, 6.07) is 15.3. The van der Waals surface area contributed by atoms with E-state index < -0.39 is 42.9 Å². The predicted octanol–water partition coefficient (Wildman–Crippen LogP) is 4.49. The Labute approximate surface area is 248 Å². The molecule has 0 heterocycles. The molecule has 0 fully saturated rings. The van der Waals surface area contributed by atoms with E-state index in [-0.39, 0.29) is 18.4 Å². The van der Waals surface area contributed by atoms with Gasteiger partial charge in [-0.3, -0.25) is 9.59 Å². The lowest BCUT2D eigenvalue weighted by Crippen LogP contribution is -2.39. The lowest BCUT2D eigenvalue weighted by Gasteiger charge is -2.28. The van der Waals surface area contributed by atoms with E-state index in [0.29, 0.717) is 25.6 Å². The molecule has 0 aliphatic carbocycles. The van der Waals surface area contributed by atoms with Gasteiger partial charge in [0, 0.05) is 15.0 Å². The number of carbonyl (C=O) groups is 2. The van der Waals surface area contributed by atoms with Gasteiger partial charge >= 0.3 is 11.9 Å². The van der Waals surface area contributed by atoms with Crippen molar-refractivity contribution in [1.82, 2.24) is 0 Å². The van der Waals surface area contributed by atoms with Crippen molar-refractivity contribution in [2.24, 2.45) is 22.5 Å². The van der Waals surface area contributed by atoms with Crippen molar-refractivity contribution in [3.05, 3.63) is 68.6 Å². The van der Waals surface area contributed by atoms with Crippen molar-refractivity contribution < 1.29 is 35.0 Å². The number of nitrogens with two attached hydrogens (primary N) is 1. The number of carboxylic acid groups (broad SMARTS) is 2. The first-order valence-corrected chi connectivity index (χ1v) is 14.3. The molecule has 0 unspecified atom stereocenters. The molecule has 8 nitrogen and oxygen atoms in total. The molecule has 0 aromatic heterocycles. The van der Waals surface area contributed by atoms with Gasteiger partial charge in [-0.2, -0.15) is 0 Å². The zero-order valence-electron chi connectivity index (χ0n) is 22.7. The standard InChI is InChI=1S/C15H22BBrO4.C13H18BrNO3/c1-15(10-18,14(19)20)8-12(9-16(2)21)7-11-3-5-13(17)6-4-11;1-13(8-16,12(17)18)7-11(15)6-9-2-4-10(14)5-3-9/h3-6,12,18,21H,7-10H2,1-2H3,(H,19,20);2-5,11,16H,6-8,15H2,1H3,(H,17,18)/t12-,15+;11-,13+/m11/s1. The third-order valence-electron chi connectivity index (χ3n) is 6.71. The molecule has 11 heteroatoms. The smallest absolute Gasteiger partial charge is 0.311 e. The maximum atomic E-state index is 11.3. The van der Waals surface area contributed by atoms with Crippen molar-refractivity contribution in [3.8, 4) is 0 Å². The maximum absolute atomic E-state index is 11.3. The molecule has 4 atom stereocenters. The highest BCUT2D eigenvalue weighted by Crippen LogP contribution is 2.31. The second kappa shape index (κ2) is 16.5. The molecule has 0 aliphatic heterocycles. The van der Waals surface area contributed by atoms with Crippen LogP contribution in [0.3, 0.4) is 0 Å². The molecule has 39 heavy (non-hydrogen) atoms. The molecule has 0 bridgehead atoms. The maximum Gasteiger partial charge on any atom is 0.311 e. The van der Waals surface area contributed by atoms with E-state index in [1.165, 1.54) is 6.92 Å². The van der Waals surface area contributed by atoms with E-state index >= 15 is 0 Å². The van der Waals surface area contributed by atoms with Gasteiger partial charge in [0.05, 0.1) is 24.0 Å². The number of rotatable bonds is 14. The minimum absolute atomic E-state index is 0.000532. The topological polar surface area (TPSA) is 161 Å². The van der Waals surface area contributed by atoms with Crippen LogP contribution in [0.25, 0.3) is 0 Å². The van der Waals surface area contributed by atoms with Crippen molar-refractivity contribution in [2.75, 3.05) is 13.2 Å². The highest BCUT2D eigenvalue weighted by atomic mass is 79.9. The summed E-state index contributed by atoms with van der Waals surface area (Å²) in [5.41, 5.74) is 5.76. The van der Waals surface area contributed by atoms with Crippen LogP contribution in [-0.4, -0.2) is 63.6 Å². The van der Waals surface area contributed by atoms with Crippen LogP contribution in [-0.2, 0) is 22.4 Å². The summed E-state index contributed by atoms with van der Waals surface area (Å²) < 4.78 is 1.98. The average molecular weight is 673 g/mol. The first kappa shape index (κ1) is 35.3. The highest BCUT2D eigenvalue weighted by molar-refractivity contribution is 9.10. The van der Waals surface area contributed by atoms with Crippen LogP contribution in [0.1, 0.15) is 37.8 Å². The Morgan fingerprint density at radius 3 is 1.56 bits per heavy atom. The monoisotopic (exact) mass is 671 g/mol. The van der Waals surface area contributed by atoms with E-state index in [1.54, 1.807) is 13.7 Å². The van der Waals surface area contributed by atoms with Crippen LogP contribution in [0.2, 0.25) is 13.1 Å². The van der Waals surface area contributed by atoms with Gasteiger partial charge < -0.3 is 31.2 Å². The largest absolute Gasteiger partial charge is 0.481 e. The Kier molecular flexibility index (Phi) is 14.9. The Morgan fingerprint density at radius 1 is 0.821 bits per heavy atom. The van der Waals surface area contributed by atoms with Gasteiger partial charge in [-0.1, -0.05) is 62.9 Å². The molecule has 0 saturated carbocycles. The summed E-state index contributed by atoms with van der Waals surface area (Å²) in [4.78, 5) is 22.4. The summed E-state index contributed by atoms with van der Waals surface area (Å²) in [5, 5.41) is 46.5. The number of aliphatic hydroxyl groups is 2. The minimum atomic E-state index is -1.17. The van der Waals surface area contributed by atoms with Crippen molar-refractivity contribution >= 4 is 50.7 Å². The van der Waals surface area contributed by atoms with Gasteiger partial charge in [0.25, 0.3) is 6.92 Å². The van der Waals surface area contributed by atoms with Gasteiger partial charge in [0.2, 0.25) is 0 Å². The molecular weight excluding hydrogens is 633 g/mol. The molecule has 2 rings (SSSR count). The fourth-order valence-corrected chi connectivity index (χ4v) is 4.85. The number of aliphatic carboxylic acids is 2. The first-order valence-electron chi connectivity index (χ1n) is 12.7. The Bertz CT molecular complexity index is 1040. The summed E-state index contributed by atoms with van der Waals surface area (Å²) in [6.45, 7) is 3.45. The summed E-state index contributed by atoms with van der Waals surface area (Å²) in [6.07, 6.45) is 2.37. The third-order valence-corrected chi connectivity index (χ3v) is 7.76. The Hall–Kier alpha value is -1.76. The van der Waals surface area contributed by atoms with Crippen molar-refractivity contribution in [2.45, 2.75) is 58.7 Å². The van der Waals surface area contributed by atoms with Crippen molar-refractivity contribution in [1.29, 1.82) is 0 Å². The van der Waals surface area contributed by atoms with E-state index in [4.69, 9.17) is 15.9 Å². The summed E-state index contributed by atoms with van der Waals surface area (Å²) in [7, 11) is 0. The van der Waals surface area contributed by atoms with Gasteiger partial charge in [-0.25, -0.2) is 0 Å². The normalized spacial score (nSPS) is 15.6. The zero-order valence-corrected chi connectivity index (χ0v) is 25.9. The molecule has 2 aromatic rings. The SMILES string of the molecule is CB(O)C[C@H](Cc1ccc(Br)cc1)C[C@@](C)(CO)C(=O)O.C[C@@](CO)(C[C@H](N)Cc1ccc(Br)cc1)C(=O)O. The van der Waals surface area contributed by atoms with Crippen LogP contribution in [0.4, 0.5) is 0 Å². The third kappa shape index (κ3) is 12.5. The minimum Gasteiger partial charge on any atom is -0.481 e. The zero-order chi connectivity index (χ0) is 29.8. The van der Waals surface area contributed by atoms with E-state index in [1.807, 2.05) is 48.5 Å². The van der Waals surface area contributed by atoms with Crippen molar-refractivity contribution in [3.63, 3.8) is 0 Å². The van der Waals surface area contributed by atoms with Crippen LogP contribution in [0.5, 0.6) is 0 Å². The van der Waals surface area contributed by atoms with E-state index in [0.717, 1.165) is 20.1 Å². The summed E-state index contributed by atoms with van der Waals surface area (Å²) in [5.74, 6) is -2.02. The highest BCUT2D eigenvalue weighted by Gasteiger charge is 2.36. The number of aliphatic hydroxyl groups excluding tert-OH is 2. The van der Waals surface area contributed by atoms with Crippen LogP contribution >= 0.6 is 31.9 Å². The van der Waals surface area contributed by atoms with Crippen LogP contribution < -0.4 is 5.73 Å². The fraction of sp³-hybridized carbons (Fsp3) is 0.500. The number of hydrogen-bond donors (Lipinski definition) is 6. The lowest BCUT2D eigenvalue weighted by molar-refractivity contribution is -0.152. The van der Waals surface area contributed by atoms with E-state index in [9.17, 15) is 24.8 Å². The number of carboxylic acids is 2. The molecule has 7 N–H and O–H groups in total. The lowest BCUT2D eigenvalue weighted by atomic mass is 9.60. The van der Waals surface area contributed by atoms with Crippen LogP contribution in [0, 0.1) is 16.7 Å². The fourth-order valence-electron chi connectivity index (χ4n) is 4.33. The van der Waals surface area contributed by atoms with Crippen LogP contribution in [0.15, 0.2) is 57.5 Å². The Balaban J connectivity index is 0.000000395. The molecule has 216 valence electrons. The molecule has 0 saturated heterocycles. The Morgan fingerprint density at radius 2 is 1.21 bits per heavy atom. The average Bonchev–Trinajstić information content (AvgIpc) is 2.86.